The Balaban J connectivity index is 2.84. The summed E-state index contributed by atoms with van der Waals surface area (Å²) in [5.41, 5.74) is 6.26. The summed E-state index contributed by atoms with van der Waals surface area (Å²) in [4.78, 5) is 6.97. The summed E-state index contributed by atoms with van der Waals surface area (Å²) in [5, 5.41) is 0. The lowest BCUT2D eigenvalue weighted by Crippen LogP contribution is -2.04. The third-order valence-corrected chi connectivity index (χ3v) is 0.952. The van der Waals surface area contributed by atoms with E-state index >= 15 is 0 Å². The van der Waals surface area contributed by atoms with Gasteiger partial charge in [-0.1, -0.05) is 0 Å². The maximum atomic E-state index is 5.27. The van der Waals surface area contributed by atoms with Crippen LogP contribution in [0.3, 0.4) is 0 Å². The minimum absolute atomic E-state index is 0.494. The number of aromatic nitrogens is 2. The lowest BCUT2D eigenvalue weighted by molar-refractivity contribution is 0.953. The Bertz CT molecular complexity index is 172. The molecule has 0 aromatic carbocycles. The van der Waals surface area contributed by atoms with Crippen molar-refractivity contribution >= 4 is 13.4 Å². The molecular formula is C4H8BN3. The van der Waals surface area contributed by atoms with Crippen molar-refractivity contribution < 1.29 is 0 Å². The molecule has 0 amide bonds. The van der Waals surface area contributed by atoms with Crippen LogP contribution in [0.4, 0.5) is 0 Å². The van der Waals surface area contributed by atoms with Gasteiger partial charge in [0.2, 0.25) is 0 Å². The van der Waals surface area contributed by atoms with Gasteiger partial charge in [0.25, 0.3) is 0 Å². The van der Waals surface area contributed by atoms with Crippen molar-refractivity contribution in [2.75, 3.05) is 0 Å². The molecule has 0 saturated carbocycles. The standard InChI is InChI=1S/C4H8BN3/c5-3-2-7-4(1-6)8-3/h2H,1,5-6H2,(H,7,8). The fraction of sp³-hybridized carbons (Fsp3) is 0.250. The summed E-state index contributed by atoms with van der Waals surface area (Å²) in [6, 6.07) is 0. The molecule has 0 fully saturated rings. The highest BCUT2D eigenvalue weighted by Gasteiger charge is 1.89. The highest BCUT2D eigenvalue weighted by atomic mass is 14.9. The van der Waals surface area contributed by atoms with Crippen molar-refractivity contribution in [2.24, 2.45) is 5.73 Å². The van der Waals surface area contributed by atoms with E-state index < -0.39 is 0 Å². The van der Waals surface area contributed by atoms with Gasteiger partial charge in [0.05, 0.1) is 6.54 Å². The molecule has 0 aliphatic carbocycles. The van der Waals surface area contributed by atoms with Crippen molar-refractivity contribution in [1.29, 1.82) is 0 Å². The van der Waals surface area contributed by atoms with Crippen LogP contribution in [0.2, 0.25) is 0 Å². The Morgan fingerprint density at radius 1 is 1.88 bits per heavy atom. The minimum Gasteiger partial charge on any atom is -0.348 e. The van der Waals surface area contributed by atoms with Crippen LogP contribution in [0.1, 0.15) is 5.82 Å². The molecule has 3 nitrogen and oxygen atoms in total. The Labute approximate surface area is 48.7 Å². The van der Waals surface area contributed by atoms with Crippen LogP contribution in [0.5, 0.6) is 0 Å². The molecule has 0 aliphatic heterocycles. The molecular weight excluding hydrogens is 101 g/mol. The molecule has 0 radical (unpaired) electrons. The van der Waals surface area contributed by atoms with Crippen molar-refractivity contribution in [3.05, 3.63) is 12.0 Å². The topological polar surface area (TPSA) is 54.7 Å². The van der Waals surface area contributed by atoms with E-state index in [0.717, 1.165) is 11.4 Å². The Morgan fingerprint density at radius 3 is 2.88 bits per heavy atom. The second kappa shape index (κ2) is 2.00. The molecule has 0 aliphatic rings. The third-order valence-electron chi connectivity index (χ3n) is 0.952. The zero-order chi connectivity index (χ0) is 5.98. The monoisotopic (exact) mass is 109 g/mol. The van der Waals surface area contributed by atoms with E-state index in [1.54, 1.807) is 0 Å². The SMILES string of the molecule is Bc1c[nH]c(CN)n1. The highest BCUT2D eigenvalue weighted by molar-refractivity contribution is 6.30. The maximum Gasteiger partial charge on any atom is 0.166 e. The number of aromatic amines is 1. The number of nitrogens with one attached hydrogen (secondary N) is 1. The molecule has 1 heterocycles. The molecule has 0 saturated heterocycles. The van der Waals surface area contributed by atoms with E-state index in [0.29, 0.717) is 6.54 Å². The lowest BCUT2D eigenvalue weighted by Gasteiger charge is -1.81. The van der Waals surface area contributed by atoms with Crippen molar-refractivity contribution in [1.82, 2.24) is 9.97 Å². The van der Waals surface area contributed by atoms with Crippen LogP contribution < -0.4 is 11.3 Å². The fourth-order valence-electron chi connectivity index (χ4n) is 0.570. The Hall–Kier alpha value is -0.765. The molecule has 8 heavy (non-hydrogen) atoms. The minimum atomic E-state index is 0.494. The molecule has 0 atom stereocenters. The van der Waals surface area contributed by atoms with E-state index in [1.807, 2.05) is 14.0 Å². The highest BCUT2D eigenvalue weighted by Crippen LogP contribution is 1.78. The smallest absolute Gasteiger partial charge is 0.166 e. The average molecular weight is 109 g/mol. The average Bonchev–Trinajstić information content (AvgIpc) is 2.14. The molecule has 0 bridgehead atoms. The van der Waals surface area contributed by atoms with Crippen LogP contribution in [-0.2, 0) is 6.54 Å². The molecule has 0 unspecified atom stereocenters. The van der Waals surface area contributed by atoms with Crippen LogP contribution in [0, 0.1) is 0 Å². The second-order valence-corrected chi connectivity index (χ2v) is 1.69. The first-order valence-electron chi connectivity index (χ1n) is 2.54. The van der Waals surface area contributed by atoms with Gasteiger partial charge in [0, 0.05) is 11.8 Å². The molecule has 1 rings (SSSR count). The number of nitrogens with two attached hydrogens (primary N) is 1. The zero-order valence-electron chi connectivity index (χ0n) is 4.81. The quantitative estimate of drug-likeness (QED) is 0.415. The summed E-state index contributed by atoms with van der Waals surface area (Å²) in [6.45, 7) is 0.494. The van der Waals surface area contributed by atoms with Gasteiger partial charge in [0.15, 0.2) is 7.85 Å². The zero-order valence-corrected chi connectivity index (χ0v) is 4.81. The van der Waals surface area contributed by atoms with E-state index in [-0.39, 0.29) is 0 Å². The number of H-pyrrole nitrogens is 1. The van der Waals surface area contributed by atoms with Gasteiger partial charge in [-0.25, -0.2) is 4.98 Å². The second-order valence-electron chi connectivity index (χ2n) is 1.69. The lowest BCUT2D eigenvalue weighted by atomic mass is 10.1. The molecule has 42 valence electrons. The van der Waals surface area contributed by atoms with Crippen LogP contribution in [0.25, 0.3) is 0 Å². The number of hydrogen-bond donors (Lipinski definition) is 2. The predicted octanol–water partition coefficient (Wildman–Crippen LogP) is -1.87. The molecule has 1 aromatic heterocycles. The maximum absolute atomic E-state index is 5.27. The normalized spacial score (nSPS) is 9.62. The van der Waals surface area contributed by atoms with E-state index in [9.17, 15) is 0 Å². The first-order chi connectivity index (χ1) is 3.83. The largest absolute Gasteiger partial charge is 0.348 e. The van der Waals surface area contributed by atoms with Crippen molar-refractivity contribution in [3.8, 4) is 0 Å². The van der Waals surface area contributed by atoms with Crippen molar-refractivity contribution in [2.45, 2.75) is 6.54 Å². The van der Waals surface area contributed by atoms with Gasteiger partial charge >= 0.3 is 0 Å². The Morgan fingerprint density at radius 2 is 2.62 bits per heavy atom. The summed E-state index contributed by atoms with van der Waals surface area (Å²) in [6.07, 6.45) is 1.84. The predicted molar refractivity (Wildman–Crippen MR) is 34.7 cm³/mol. The Kier molecular flexibility index (Phi) is 1.35. The van der Waals surface area contributed by atoms with E-state index in [2.05, 4.69) is 9.97 Å². The van der Waals surface area contributed by atoms with Gasteiger partial charge < -0.3 is 10.7 Å². The number of hydrogen-bond acceptors (Lipinski definition) is 2. The van der Waals surface area contributed by atoms with Crippen LogP contribution >= 0.6 is 0 Å². The summed E-state index contributed by atoms with van der Waals surface area (Å²) >= 11 is 0. The van der Waals surface area contributed by atoms with E-state index in [1.165, 1.54) is 0 Å². The molecule has 3 N–H and O–H groups in total. The number of imidazole rings is 1. The molecule has 4 heteroatoms. The first-order valence-corrected chi connectivity index (χ1v) is 2.54. The first kappa shape index (κ1) is 5.37. The van der Waals surface area contributed by atoms with E-state index in [4.69, 9.17) is 5.73 Å². The fourth-order valence-corrected chi connectivity index (χ4v) is 0.570. The van der Waals surface area contributed by atoms with Crippen LogP contribution in [0.15, 0.2) is 6.20 Å². The summed E-state index contributed by atoms with van der Waals surface area (Å²) < 4.78 is 0. The van der Waals surface area contributed by atoms with Crippen LogP contribution in [-0.4, -0.2) is 17.8 Å². The van der Waals surface area contributed by atoms with Gasteiger partial charge in [-0.15, -0.1) is 0 Å². The number of rotatable bonds is 1. The van der Waals surface area contributed by atoms with Gasteiger partial charge in [-0.2, -0.15) is 0 Å². The van der Waals surface area contributed by atoms with Gasteiger partial charge in [0.1, 0.15) is 5.82 Å². The molecule has 1 aromatic rings. The van der Waals surface area contributed by atoms with Crippen molar-refractivity contribution in [3.63, 3.8) is 0 Å². The third kappa shape index (κ3) is 0.896. The number of nitrogens with zero attached hydrogens (tertiary/aromatic N) is 1. The van der Waals surface area contributed by atoms with Gasteiger partial charge in [-0.05, 0) is 0 Å². The summed E-state index contributed by atoms with van der Waals surface area (Å²) in [7, 11) is 1.93. The summed E-state index contributed by atoms with van der Waals surface area (Å²) in [5.74, 6) is 0.850. The van der Waals surface area contributed by atoms with Gasteiger partial charge in [-0.3, -0.25) is 0 Å². The molecule has 0 spiro atoms.